The van der Waals surface area contributed by atoms with Gasteiger partial charge in [-0.1, -0.05) is 15.9 Å². The summed E-state index contributed by atoms with van der Waals surface area (Å²) in [4.78, 5) is 0. The lowest BCUT2D eigenvalue weighted by molar-refractivity contribution is -0.0163. The molecule has 1 aliphatic carbocycles. The molecule has 4 heteroatoms. The van der Waals surface area contributed by atoms with E-state index in [0.717, 1.165) is 16.8 Å². The number of hydrogen-bond acceptors (Lipinski definition) is 3. The smallest absolute Gasteiger partial charge is 0.119 e. The molecule has 1 saturated carbocycles. The molecule has 0 amide bonds. The molecule has 20 heavy (non-hydrogen) atoms. The summed E-state index contributed by atoms with van der Waals surface area (Å²) < 4.78 is 12.5. The van der Waals surface area contributed by atoms with Crippen molar-refractivity contribution in [2.45, 2.75) is 51.8 Å². The van der Waals surface area contributed by atoms with Crippen molar-refractivity contribution in [3.8, 4) is 5.75 Å². The Morgan fingerprint density at radius 1 is 1.25 bits per heavy atom. The van der Waals surface area contributed by atoms with Gasteiger partial charge in [0, 0.05) is 17.1 Å². The molecule has 2 rings (SSSR count). The summed E-state index contributed by atoms with van der Waals surface area (Å²) in [6.45, 7) is 8.22. The molecule has 0 spiro atoms. The number of nitrogens with one attached hydrogen (secondary N) is 1. The second-order valence-electron chi connectivity index (χ2n) is 6.22. The summed E-state index contributed by atoms with van der Waals surface area (Å²) in [6.07, 6.45) is 2.61. The van der Waals surface area contributed by atoms with Crippen molar-refractivity contribution in [2.75, 3.05) is 13.2 Å². The van der Waals surface area contributed by atoms with E-state index in [1.807, 2.05) is 32.9 Å². The average Bonchev–Trinajstić information content (AvgIpc) is 3.17. The van der Waals surface area contributed by atoms with E-state index in [1.54, 1.807) is 0 Å². The summed E-state index contributed by atoms with van der Waals surface area (Å²) in [5, 5.41) is 3.52. The standard InChI is InChI=1S/C16H24BrNO2/c1-16(2,3)20-9-8-19-14-6-7-15(17)12(10-14)11-18-13-4-5-13/h6-7,10,13,18H,4-5,8-9,11H2,1-3H3. The Balaban J connectivity index is 1.80. The fourth-order valence-electron chi connectivity index (χ4n) is 1.83. The van der Waals surface area contributed by atoms with Gasteiger partial charge in [0.2, 0.25) is 0 Å². The maximum Gasteiger partial charge on any atom is 0.119 e. The SMILES string of the molecule is CC(C)(C)OCCOc1ccc(Br)c(CNC2CC2)c1. The van der Waals surface area contributed by atoms with Crippen LogP contribution in [0.3, 0.4) is 0 Å². The molecule has 0 bridgehead atoms. The molecule has 1 aromatic rings. The van der Waals surface area contributed by atoms with Gasteiger partial charge in [-0.3, -0.25) is 0 Å². The zero-order chi connectivity index (χ0) is 14.6. The van der Waals surface area contributed by atoms with Gasteiger partial charge >= 0.3 is 0 Å². The molecule has 1 aliphatic rings. The van der Waals surface area contributed by atoms with Crippen LogP contribution >= 0.6 is 15.9 Å². The molecular weight excluding hydrogens is 318 g/mol. The van der Waals surface area contributed by atoms with E-state index >= 15 is 0 Å². The molecule has 0 aromatic heterocycles. The average molecular weight is 342 g/mol. The van der Waals surface area contributed by atoms with Crippen LogP contribution in [-0.2, 0) is 11.3 Å². The lowest BCUT2D eigenvalue weighted by atomic mass is 10.2. The number of rotatable bonds is 7. The summed E-state index contributed by atoms with van der Waals surface area (Å²) in [5.74, 6) is 0.901. The second kappa shape index (κ2) is 6.92. The van der Waals surface area contributed by atoms with Crippen LogP contribution in [0.5, 0.6) is 5.75 Å². The highest BCUT2D eigenvalue weighted by molar-refractivity contribution is 9.10. The van der Waals surface area contributed by atoms with Gasteiger partial charge in [0.25, 0.3) is 0 Å². The Kier molecular flexibility index (Phi) is 5.47. The number of hydrogen-bond donors (Lipinski definition) is 1. The topological polar surface area (TPSA) is 30.5 Å². The van der Waals surface area contributed by atoms with E-state index in [1.165, 1.54) is 18.4 Å². The fraction of sp³-hybridized carbons (Fsp3) is 0.625. The van der Waals surface area contributed by atoms with Gasteiger partial charge < -0.3 is 14.8 Å². The van der Waals surface area contributed by atoms with Gasteiger partial charge in [0.1, 0.15) is 12.4 Å². The third-order valence-electron chi connectivity index (χ3n) is 3.06. The molecule has 3 nitrogen and oxygen atoms in total. The van der Waals surface area contributed by atoms with E-state index in [0.29, 0.717) is 19.3 Å². The first-order valence-electron chi connectivity index (χ1n) is 7.22. The monoisotopic (exact) mass is 341 g/mol. The highest BCUT2D eigenvalue weighted by atomic mass is 79.9. The summed E-state index contributed by atoms with van der Waals surface area (Å²) in [7, 11) is 0. The Morgan fingerprint density at radius 2 is 2.00 bits per heavy atom. The van der Waals surface area contributed by atoms with Gasteiger partial charge in [-0.2, -0.15) is 0 Å². The van der Waals surface area contributed by atoms with Crippen LogP contribution < -0.4 is 10.1 Å². The van der Waals surface area contributed by atoms with Crippen LogP contribution in [0.25, 0.3) is 0 Å². The molecule has 1 fully saturated rings. The van der Waals surface area contributed by atoms with Crippen molar-refractivity contribution >= 4 is 15.9 Å². The van der Waals surface area contributed by atoms with Gasteiger partial charge in [-0.25, -0.2) is 0 Å². The first-order chi connectivity index (χ1) is 9.44. The normalized spacial score (nSPS) is 15.4. The van der Waals surface area contributed by atoms with E-state index in [-0.39, 0.29) is 5.60 Å². The lowest BCUT2D eigenvalue weighted by Crippen LogP contribution is -2.22. The zero-order valence-electron chi connectivity index (χ0n) is 12.5. The largest absolute Gasteiger partial charge is 0.491 e. The molecule has 0 saturated heterocycles. The van der Waals surface area contributed by atoms with Crippen molar-refractivity contribution in [1.29, 1.82) is 0 Å². The van der Waals surface area contributed by atoms with Crippen molar-refractivity contribution < 1.29 is 9.47 Å². The van der Waals surface area contributed by atoms with Gasteiger partial charge in [0.15, 0.2) is 0 Å². The van der Waals surface area contributed by atoms with Crippen LogP contribution in [0, 0.1) is 0 Å². The highest BCUT2D eigenvalue weighted by Gasteiger charge is 2.20. The Labute approximate surface area is 130 Å². The summed E-state index contributed by atoms with van der Waals surface area (Å²) in [6, 6.07) is 6.84. The molecule has 0 unspecified atom stereocenters. The first-order valence-corrected chi connectivity index (χ1v) is 8.02. The van der Waals surface area contributed by atoms with Crippen LogP contribution in [0.4, 0.5) is 0 Å². The highest BCUT2D eigenvalue weighted by Crippen LogP contribution is 2.25. The predicted octanol–water partition coefficient (Wildman–Crippen LogP) is 3.90. The van der Waals surface area contributed by atoms with E-state index in [4.69, 9.17) is 9.47 Å². The Bertz CT molecular complexity index is 439. The molecular formula is C16H24BrNO2. The second-order valence-corrected chi connectivity index (χ2v) is 7.07. The molecule has 0 aliphatic heterocycles. The number of halogens is 1. The van der Waals surface area contributed by atoms with Crippen molar-refractivity contribution in [2.24, 2.45) is 0 Å². The van der Waals surface area contributed by atoms with Gasteiger partial charge in [-0.05, 0) is 57.4 Å². The minimum atomic E-state index is -0.109. The van der Waals surface area contributed by atoms with Crippen LogP contribution in [0.15, 0.2) is 22.7 Å². The number of benzene rings is 1. The molecule has 112 valence electrons. The summed E-state index contributed by atoms with van der Waals surface area (Å²) in [5.41, 5.74) is 1.13. The lowest BCUT2D eigenvalue weighted by Gasteiger charge is -2.19. The van der Waals surface area contributed by atoms with Crippen LogP contribution in [-0.4, -0.2) is 24.9 Å². The minimum Gasteiger partial charge on any atom is -0.491 e. The third-order valence-corrected chi connectivity index (χ3v) is 3.84. The summed E-state index contributed by atoms with van der Waals surface area (Å²) >= 11 is 3.59. The zero-order valence-corrected chi connectivity index (χ0v) is 14.1. The molecule has 0 radical (unpaired) electrons. The van der Waals surface area contributed by atoms with E-state index < -0.39 is 0 Å². The number of ether oxygens (including phenoxy) is 2. The fourth-order valence-corrected chi connectivity index (χ4v) is 2.21. The predicted molar refractivity (Wildman–Crippen MR) is 85.2 cm³/mol. The molecule has 1 N–H and O–H groups in total. The van der Waals surface area contributed by atoms with E-state index in [9.17, 15) is 0 Å². The van der Waals surface area contributed by atoms with E-state index in [2.05, 4.69) is 27.3 Å². The molecule has 0 atom stereocenters. The maximum atomic E-state index is 5.75. The quantitative estimate of drug-likeness (QED) is 0.763. The third kappa shape index (κ3) is 5.81. The first kappa shape index (κ1) is 15.8. The van der Waals surface area contributed by atoms with Gasteiger partial charge in [-0.15, -0.1) is 0 Å². The van der Waals surface area contributed by atoms with Crippen molar-refractivity contribution in [1.82, 2.24) is 5.32 Å². The minimum absolute atomic E-state index is 0.109. The Hall–Kier alpha value is -0.580. The Morgan fingerprint density at radius 3 is 2.65 bits per heavy atom. The molecule has 1 aromatic carbocycles. The van der Waals surface area contributed by atoms with Crippen molar-refractivity contribution in [3.63, 3.8) is 0 Å². The van der Waals surface area contributed by atoms with Crippen LogP contribution in [0.1, 0.15) is 39.2 Å². The van der Waals surface area contributed by atoms with Crippen LogP contribution in [0.2, 0.25) is 0 Å². The molecule has 0 heterocycles. The maximum absolute atomic E-state index is 5.75. The van der Waals surface area contributed by atoms with Crippen molar-refractivity contribution in [3.05, 3.63) is 28.2 Å². The van der Waals surface area contributed by atoms with Gasteiger partial charge in [0.05, 0.1) is 12.2 Å².